The third-order valence-electron chi connectivity index (χ3n) is 2.40. The topological polar surface area (TPSA) is 70.1 Å². The predicted octanol–water partition coefficient (Wildman–Crippen LogP) is 2.71. The van der Waals surface area contributed by atoms with Gasteiger partial charge >= 0.3 is 0 Å². The molecule has 6 heteroatoms. The number of H-pyrrole nitrogens is 1. The van der Waals surface area contributed by atoms with E-state index in [2.05, 4.69) is 20.7 Å². The van der Waals surface area contributed by atoms with E-state index in [1.807, 2.05) is 37.3 Å². The lowest BCUT2D eigenvalue weighted by molar-refractivity contribution is 0.0950. The fourth-order valence-electron chi connectivity index (χ4n) is 1.49. The van der Waals surface area contributed by atoms with Crippen molar-refractivity contribution in [3.05, 3.63) is 58.4 Å². The van der Waals surface area contributed by atoms with Gasteiger partial charge in [-0.2, -0.15) is 10.2 Å². The average Bonchev–Trinajstić information content (AvgIpc) is 2.86. The number of carbonyl (C=O) groups is 1. The molecule has 1 aromatic heterocycles. The van der Waals surface area contributed by atoms with Crippen LogP contribution in [0.2, 0.25) is 0 Å². The zero-order valence-electron chi connectivity index (χ0n) is 10.8. The van der Waals surface area contributed by atoms with Crippen LogP contribution in [0.4, 0.5) is 0 Å². The number of aryl methyl sites for hydroxylation is 1. The molecule has 20 heavy (non-hydrogen) atoms. The van der Waals surface area contributed by atoms with Crippen molar-refractivity contribution in [2.24, 2.45) is 5.10 Å². The summed E-state index contributed by atoms with van der Waals surface area (Å²) in [5.41, 5.74) is 4.40. The molecule has 0 aliphatic heterocycles. The average molecular weight is 289 g/mol. The quantitative estimate of drug-likeness (QED) is 0.671. The highest BCUT2D eigenvalue weighted by atomic mass is 35.5. The minimum absolute atomic E-state index is 0.280. The number of aromatic nitrogens is 2. The summed E-state index contributed by atoms with van der Waals surface area (Å²) in [5.74, 6) is -0.394. The Kier molecular flexibility index (Phi) is 4.68. The van der Waals surface area contributed by atoms with Crippen LogP contribution in [0.15, 0.2) is 46.5 Å². The lowest BCUT2D eigenvalue weighted by Crippen LogP contribution is -2.17. The molecule has 1 heterocycles. The second-order valence-corrected chi connectivity index (χ2v) is 4.51. The highest BCUT2D eigenvalue weighted by molar-refractivity contribution is 6.41. The van der Waals surface area contributed by atoms with E-state index in [9.17, 15) is 4.79 Å². The summed E-state index contributed by atoms with van der Waals surface area (Å²) < 4.78 is 0. The van der Waals surface area contributed by atoms with Crippen LogP contribution in [-0.4, -0.2) is 22.3 Å². The third kappa shape index (κ3) is 4.07. The number of aromatic amines is 1. The molecule has 0 bridgehead atoms. The van der Waals surface area contributed by atoms with Gasteiger partial charge in [-0.1, -0.05) is 41.9 Å². The smallest absolute Gasteiger partial charge is 0.282 e. The number of halogens is 1. The summed E-state index contributed by atoms with van der Waals surface area (Å²) in [5, 5.41) is 10.7. The van der Waals surface area contributed by atoms with Crippen molar-refractivity contribution in [1.82, 2.24) is 15.6 Å². The number of hydrogen-bond acceptors (Lipinski definition) is 3. The minimum Gasteiger partial charge on any atom is -0.282 e. The Morgan fingerprint density at radius 2 is 2.15 bits per heavy atom. The van der Waals surface area contributed by atoms with Gasteiger partial charge in [-0.25, -0.2) is 5.43 Å². The zero-order valence-corrected chi connectivity index (χ0v) is 11.6. The Bertz CT molecular complexity index is 646. The van der Waals surface area contributed by atoms with Crippen molar-refractivity contribution >= 4 is 29.8 Å². The lowest BCUT2D eigenvalue weighted by Gasteiger charge is -1.95. The molecule has 0 aliphatic rings. The Morgan fingerprint density at radius 3 is 2.80 bits per heavy atom. The van der Waals surface area contributed by atoms with Gasteiger partial charge in [-0.15, -0.1) is 0 Å². The largest absolute Gasteiger partial charge is 0.291 e. The van der Waals surface area contributed by atoms with Gasteiger partial charge in [0.25, 0.3) is 5.91 Å². The molecule has 1 aromatic carbocycles. The van der Waals surface area contributed by atoms with Gasteiger partial charge in [0.2, 0.25) is 0 Å². The fourth-order valence-corrected chi connectivity index (χ4v) is 1.66. The van der Waals surface area contributed by atoms with Crippen molar-refractivity contribution in [3.63, 3.8) is 0 Å². The number of nitrogens with zero attached hydrogens (tertiary/aromatic N) is 2. The standard InChI is InChI=1S/C14H13ClN4O/c1-10-7-13(18-17-10)14(20)19-16-9-12(15)8-11-5-3-2-4-6-11/h2-9H,1H3,(H,17,18)(H,19,20). The van der Waals surface area contributed by atoms with E-state index in [4.69, 9.17) is 11.6 Å². The van der Waals surface area contributed by atoms with Crippen molar-refractivity contribution in [2.75, 3.05) is 0 Å². The summed E-state index contributed by atoms with van der Waals surface area (Å²) in [6, 6.07) is 11.2. The number of amides is 1. The molecule has 0 unspecified atom stereocenters. The SMILES string of the molecule is Cc1cc(C(=O)NN=CC(Cl)=Cc2ccccc2)n[nH]1. The van der Waals surface area contributed by atoms with E-state index in [0.29, 0.717) is 5.03 Å². The first kappa shape index (κ1) is 14.0. The van der Waals surface area contributed by atoms with Crippen molar-refractivity contribution in [2.45, 2.75) is 6.92 Å². The van der Waals surface area contributed by atoms with Gasteiger partial charge in [0.15, 0.2) is 5.69 Å². The van der Waals surface area contributed by atoms with Gasteiger partial charge in [0, 0.05) is 5.69 Å². The predicted molar refractivity (Wildman–Crippen MR) is 79.6 cm³/mol. The summed E-state index contributed by atoms with van der Waals surface area (Å²) in [7, 11) is 0. The zero-order chi connectivity index (χ0) is 14.4. The highest BCUT2D eigenvalue weighted by Gasteiger charge is 2.07. The van der Waals surface area contributed by atoms with Gasteiger partial charge in [-0.05, 0) is 24.6 Å². The maximum Gasteiger partial charge on any atom is 0.291 e. The maximum atomic E-state index is 11.6. The molecule has 0 atom stereocenters. The molecule has 0 saturated carbocycles. The van der Waals surface area contributed by atoms with Crippen molar-refractivity contribution in [3.8, 4) is 0 Å². The van der Waals surface area contributed by atoms with Crippen molar-refractivity contribution < 1.29 is 4.79 Å². The van der Waals surface area contributed by atoms with Crippen molar-refractivity contribution in [1.29, 1.82) is 0 Å². The molecule has 0 spiro atoms. The number of hydrazone groups is 1. The van der Waals surface area contributed by atoms with E-state index < -0.39 is 5.91 Å². The summed E-state index contributed by atoms with van der Waals surface area (Å²) in [4.78, 5) is 11.6. The number of nitrogens with one attached hydrogen (secondary N) is 2. The molecule has 2 N–H and O–H groups in total. The number of rotatable bonds is 4. The molecule has 0 saturated heterocycles. The number of hydrogen-bond donors (Lipinski definition) is 2. The van der Waals surface area contributed by atoms with Crippen LogP contribution in [0.1, 0.15) is 21.7 Å². The third-order valence-corrected chi connectivity index (χ3v) is 2.60. The molecule has 0 aliphatic carbocycles. The molecular formula is C14H13ClN4O. The van der Waals surface area contributed by atoms with Gasteiger partial charge in [-0.3, -0.25) is 9.89 Å². The molecule has 0 radical (unpaired) electrons. The fraction of sp³-hybridized carbons (Fsp3) is 0.0714. The summed E-state index contributed by atoms with van der Waals surface area (Å²) >= 11 is 5.99. The van der Waals surface area contributed by atoms with E-state index in [0.717, 1.165) is 11.3 Å². The van der Waals surface area contributed by atoms with E-state index >= 15 is 0 Å². The van der Waals surface area contributed by atoms with Gasteiger partial charge in [0.1, 0.15) is 0 Å². The Labute approximate surface area is 121 Å². The molecule has 2 rings (SSSR count). The molecule has 1 amide bonds. The molecule has 102 valence electrons. The number of carbonyl (C=O) groups excluding carboxylic acids is 1. The van der Waals surface area contributed by atoms with Gasteiger partial charge in [0.05, 0.1) is 11.2 Å². The van der Waals surface area contributed by atoms with E-state index in [-0.39, 0.29) is 5.69 Å². The first-order chi connectivity index (χ1) is 9.65. The first-order valence-electron chi connectivity index (χ1n) is 5.93. The Balaban J connectivity index is 1.93. The van der Waals surface area contributed by atoms with Crippen LogP contribution >= 0.6 is 11.6 Å². The maximum absolute atomic E-state index is 11.6. The number of allylic oxidation sites excluding steroid dienone is 1. The summed E-state index contributed by atoms with van der Waals surface area (Å²) in [6.07, 6.45) is 3.11. The van der Waals surface area contributed by atoms with E-state index in [1.54, 1.807) is 12.1 Å². The normalized spacial score (nSPS) is 11.8. The second-order valence-electron chi connectivity index (χ2n) is 4.08. The Morgan fingerprint density at radius 1 is 1.40 bits per heavy atom. The van der Waals surface area contributed by atoms with Crippen LogP contribution in [0.3, 0.4) is 0 Å². The monoisotopic (exact) mass is 288 g/mol. The Hall–Kier alpha value is -2.40. The molecule has 0 fully saturated rings. The second kappa shape index (κ2) is 6.68. The summed E-state index contributed by atoms with van der Waals surface area (Å²) in [6.45, 7) is 1.81. The molecule has 2 aromatic rings. The molecular weight excluding hydrogens is 276 g/mol. The number of benzene rings is 1. The van der Waals surface area contributed by atoms with Gasteiger partial charge < -0.3 is 0 Å². The van der Waals surface area contributed by atoms with Crippen LogP contribution in [0.25, 0.3) is 6.08 Å². The van der Waals surface area contributed by atoms with Crippen LogP contribution < -0.4 is 5.43 Å². The van der Waals surface area contributed by atoms with Crippen LogP contribution in [0.5, 0.6) is 0 Å². The van der Waals surface area contributed by atoms with Crippen LogP contribution in [0, 0.1) is 6.92 Å². The van der Waals surface area contributed by atoms with E-state index in [1.165, 1.54) is 6.21 Å². The first-order valence-corrected chi connectivity index (χ1v) is 6.30. The minimum atomic E-state index is -0.394. The lowest BCUT2D eigenvalue weighted by atomic mass is 10.2. The molecule has 5 nitrogen and oxygen atoms in total. The van der Waals surface area contributed by atoms with Crippen LogP contribution in [-0.2, 0) is 0 Å². The highest BCUT2D eigenvalue weighted by Crippen LogP contribution is 2.07.